The van der Waals surface area contributed by atoms with Gasteiger partial charge in [-0.05, 0) is 23.6 Å². The Hall–Kier alpha value is -2.87. The van der Waals surface area contributed by atoms with Crippen molar-refractivity contribution in [3.8, 4) is 0 Å². The lowest BCUT2D eigenvalue weighted by Gasteiger charge is -2.11. The van der Waals surface area contributed by atoms with Crippen LogP contribution in [-0.4, -0.2) is 23.2 Å². The summed E-state index contributed by atoms with van der Waals surface area (Å²) in [5.74, 6) is -0.0467. The molecule has 136 valence electrons. The fraction of sp³-hybridized carbons (Fsp3) is 0.222. The molecule has 1 aromatic carbocycles. The summed E-state index contributed by atoms with van der Waals surface area (Å²) in [6, 6.07) is 12.6. The number of H-pyrrole nitrogens is 1. The smallest absolute Gasteiger partial charge is 0.275 e. The predicted octanol–water partition coefficient (Wildman–Crippen LogP) is 2.54. The number of aromatic nitrogens is 3. The van der Waals surface area contributed by atoms with Crippen molar-refractivity contribution in [3.63, 3.8) is 0 Å². The Kier molecular flexibility index (Phi) is 4.94. The maximum atomic E-state index is 12.7. The predicted molar refractivity (Wildman–Crippen MR) is 99.7 cm³/mol. The summed E-state index contributed by atoms with van der Waals surface area (Å²) in [5.41, 5.74) is 1.04. The first-order valence-electron chi connectivity index (χ1n) is 8.18. The molecule has 2 heterocycles. The monoisotopic (exact) mass is 372 g/mol. The second-order valence-electron chi connectivity index (χ2n) is 6.25. The van der Waals surface area contributed by atoms with E-state index in [1.807, 2.05) is 44.2 Å². The zero-order chi connectivity index (χ0) is 18.7. The minimum Gasteiger partial charge on any atom is -0.309 e. The Labute approximate surface area is 151 Å². The number of aromatic amines is 1. The largest absolute Gasteiger partial charge is 0.309 e. The van der Waals surface area contributed by atoms with E-state index in [9.17, 15) is 13.2 Å². The van der Waals surface area contributed by atoms with Crippen LogP contribution in [0.4, 0.5) is 5.69 Å². The second kappa shape index (κ2) is 7.17. The summed E-state index contributed by atoms with van der Waals surface area (Å²) in [4.78, 5) is 12.7. The van der Waals surface area contributed by atoms with Gasteiger partial charge in [0.2, 0.25) is 0 Å². The average molecular weight is 372 g/mol. The lowest BCUT2D eigenvalue weighted by atomic mass is 10.1. The van der Waals surface area contributed by atoms with Crippen LogP contribution in [0.1, 0.15) is 31.0 Å². The normalized spacial score (nSPS) is 11.7. The van der Waals surface area contributed by atoms with E-state index in [2.05, 4.69) is 14.9 Å². The number of sulfonamides is 1. The Morgan fingerprint density at radius 1 is 1.15 bits per heavy atom. The highest BCUT2D eigenvalue weighted by Crippen LogP contribution is 2.22. The van der Waals surface area contributed by atoms with Gasteiger partial charge in [-0.2, -0.15) is 5.10 Å². The Morgan fingerprint density at radius 3 is 2.58 bits per heavy atom. The third kappa shape index (κ3) is 3.70. The Morgan fingerprint density at radius 2 is 1.88 bits per heavy atom. The highest BCUT2D eigenvalue weighted by atomic mass is 32.2. The molecule has 0 aliphatic rings. The number of rotatable bonds is 6. The zero-order valence-corrected chi connectivity index (χ0v) is 15.3. The van der Waals surface area contributed by atoms with E-state index in [4.69, 9.17) is 0 Å². The van der Waals surface area contributed by atoms with Crippen molar-refractivity contribution < 1.29 is 8.42 Å². The number of benzene rings is 1. The first kappa shape index (κ1) is 17.9. The summed E-state index contributed by atoms with van der Waals surface area (Å²) in [7, 11) is -3.91. The SMILES string of the molecule is CC(C)c1[nH]ncc1S(=O)(=O)Nc1cccn(Cc2ccccc2)c1=O. The van der Waals surface area contributed by atoms with Crippen molar-refractivity contribution in [1.29, 1.82) is 0 Å². The Bertz CT molecular complexity index is 1050. The molecule has 0 fully saturated rings. The molecule has 0 spiro atoms. The molecule has 26 heavy (non-hydrogen) atoms. The topological polar surface area (TPSA) is 96.8 Å². The second-order valence-corrected chi connectivity index (χ2v) is 7.90. The van der Waals surface area contributed by atoms with Crippen molar-refractivity contribution in [1.82, 2.24) is 14.8 Å². The Balaban J connectivity index is 1.92. The molecule has 0 saturated heterocycles. The van der Waals surface area contributed by atoms with Gasteiger partial charge in [-0.3, -0.25) is 14.6 Å². The number of hydrogen-bond donors (Lipinski definition) is 2. The number of nitrogens with zero attached hydrogens (tertiary/aromatic N) is 2. The van der Waals surface area contributed by atoms with Gasteiger partial charge in [-0.25, -0.2) is 8.42 Å². The maximum absolute atomic E-state index is 12.7. The number of pyridine rings is 1. The van der Waals surface area contributed by atoms with E-state index in [1.54, 1.807) is 12.3 Å². The van der Waals surface area contributed by atoms with Crippen LogP contribution in [0.5, 0.6) is 0 Å². The lowest BCUT2D eigenvalue weighted by Crippen LogP contribution is -2.26. The molecule has 2 N–H and O–H groups in total. The summed E-state index contributed by atoms with van der Waals surface area (Å²) >= 11 is 0. The van der Waals surface area contributed by atoms with Gasteiger partial charge in [0.15, 0.2) is 0 Å². The van der Waals surface area contributed by atoms with Crippen LogP contribution in [0.15, 0.2) is 64.5 Å². The molecule has 0 aliphatic heterocycles. The molecule has 3 aromatic rings. The number of nitrogens with one attached hydrogen (secondary N) is 2. The maximum Gasteiger partial charge on any atom is 0.275 e. The average Bonchev–Trinajstić information content (AvgIpc) is 3.10. The van der Waals surface area contributed by atoms with E-state index in [1.165, 1.54) is 16.8 Å². The van der Waals surface area contributed by atoms with Crippen LogP contribution < -0.4 is 10.3 Å². The molecule has 0 amide bonds. The van der Waals surface area contributed by atoms with Crippen LogP contribution in [0.2, 0.25) is 0 Å². The van der Waals surface area contributed by atoms with Gasteiger partial charge in [-0.1, -0.05) is 44.2 Å². The van der Waals surface area contributed by atoms with E-state index in [-0.39, 0.29) is 16.5 Å². The molecule has 7 nitrogen and oxygen atoms in total. The molecule has 8 heteroatoms. The van der Waals surface area contributed by atoms with Crippen molar-refractivity contribution in [2.24, 2.45) is 0 Å². The molecule has 0 unspecified atom stereocenters. The van der Waals surface area contributed by atoms with Gasteiger partial charge >= 0.3 is 0 Å². The summed E-state index contributed by atoms with van der Waals surface area (Å²) in [5, 5.41) is 6.52. The lowest BCUT2D eigenvalue weighted by molar-refractivity contribution is 0.598. The highest BCUT2D eigenvalue weighted by molar-refractivity contribution is 7.92. The van der Waals surface area contributed by atoms with Gasteiger partial charge in [0, 0.05) is 6.20 Å². The minimum absolute atomic E-state index is 0.000614. The molecule has 0 bridgehead atoms. The summed E-state index contributed by atoms with van der Waals surface area (Å²) in [6.45, 7) is 4.09. The van der Waals surface area contributed by atoms with Crippen LogP contribution in [0, 0.1) is 0 Å². The van der Waals surface area contributed by atoms with E-state index in [0.29, 0.717) is 12.2 Å². The van der Waals surface area contributed by atoms with Gasteiger partial charge in [0.1, 0.15) is 10.6 Å². The van der Waals surface area contributed by atoms with Gasteiger partial charge < -0.3 is 4.57 Å². The van der Waals surface area contributed by atoms with Crippen molar-refractivity contribution in [3.05, 3.63) is 76.5 Å². The fourth-order valence-corrected chi connectivity index (χ4v) is 3.95. The zero-order valence-electron chi connectivity index (χ0n) is 14.5. The van der Waals surface area contributed by atoms with Crippen molar-refractivity contribution >= 4 is 15.7 Å². The van der Waals surface area contributed by atoms with Gasteiger partial charge in [0.25, 0.3) is 15.6 Å². The molecule has 0 saturated carbocycles. The number of anilines is 1. The van der Waals surface area contributed by atoms with E-state index in [0.717, 1.165) is 5.56 Å². The summed E-state index contributed by atoms with van der Waals surface area (Å²) in [6.07, 6.45) is 2.88. The first-order chi connectivity index (χ1) is 12.4. The molecule has 3 rings (SSSR count). The third-order valence-corrected chi connectivity index (χ3v) is 5.35. The molecule has 0 radical (unpaired) electrons. The van der Waals surface area contributed by atoms with Crippen molar-refractivity contribution in [2.75, 3.05) is 4.72 Å². The van der Waals surface area contributed by atoms with Gasteiger partial charge in [0.05, 0.1) is 18.4 Å². The minimum atomic E-state index is -3.91. The van der Waals surface area contributed by atoms with Crippen LogP contribution in [-0.2, 0) is 16.6 Å². The molecular weight excluding hydrogens is 352 g/mol. The van der Waals surface area contributed by atoms with Gasteiger partial charge in [-0.15, -0.1) is 0 Å². The molecule has 2 aromatic heterocycles. The van der Waals surface area contributed by atoms with Crippen LogP contribution in [0.25, 0.3) is 0 Å². The summed E-state index contributed by atoms with van der Waals surface area (Å²) < 4.78 is 29.2. The van der Waals surface area contributed by atoms with E-state index >= 15 is 0 Å². The standard InChI is InChI=1S/C18H20N4O3S/c1-13(2)17-16(11-19-20-17)26(24,25)21-15-9-6-10-22(18(15)23)12-14-7-4-3-5-8-14/h3-11,13,21H,12H2,1-2H3,(H,19,20). The fourth-order valence-electron chi connectivity index (χ4n) is 2.63. The highest BCUT2D eigenvalue weighted by Gasteiger charge is 2.23. The molecular formula is C18H20N4O3S. The van der Waals surface area contributed by atoms with E-state index < -0.39 is 15.6 Å². The van der Waals surface area contributed by atoms with Crippen molar-refractivity contribution in [2.45, 2.75) is 31.2 Å². The molecule has 0 aliphatic carbocycles. The third-order valence-electron chi connectivity index (χ3n) is 3.96. The first-order valence-corrected chi connectivity index (χ1v) is 9.66. The molecule has 0 atom stereocenters. The van der Waals surface area contributed by atoms with Crippen LogP contribution in [0.3, 0.4) is 0 Å². The van der Waals surface area contributed by atoms with Crippen LogP contribution >= 0.6 is 0 Å². The number of hydrogen-bond acceptors (Lipinski definition) is 4. The quantitative estimate of drug-likeness (QED) is 0.695.